The van der Waals surface area contributed by atoms with E-state index in [1.807, 2.05) is 4.90 Å². The number of carbonyl (C=O) groups excluding carboxylic acids is 4. The first kappa shape index (κ1) is 25.5. The zero-order valence-corrected chi connectivity index (χ0v) is 19.7. The van der Waals surface area contributed by atoms with E-state index in [-0.39, 0.29) is 37.4 Å². The van der Waals surface area contributed by atoms with Crippen molar-refractivity contribution < 1.29 is 33.4 Å². The van der Waals surface area contributed by atoms with E-state index in [0.717, 1.165) is 12.8 Å². The highest BCUT2D eigenvalue weighted by atomic mass is 16.6. The van der Waals surface area contributed by atoms with E-state index in [2.05, 4.69) is 10.6 Å². The quantitative estimate of drug-likeness (QED) is 0.317. The molecular weight excluding hydrogens is 432 g/mol. The molecule has 0 spiro atoms. The molecule has 3 rings (SSSR count). The van der Waals surface area contributed by atoms with Gasteiger partial charge < -0.3 is 30.6 Å². The predicted octanol–water partition coefficient (Wildman–Crippen LogP) is -1.27. The van der Waals surface area contributed by atoms with Crippen molar-refractivity contribution in [1.82, 2.24) is 15.5 Å². The number of Topliss-reactive ketones (excluding diaryl/α,β-unsaturated/α-hetero) is 1. The SMILES string of the molecule is C[C@H](NC(=O)CN1CCOCC1)C(=O)NC(C)(C(N)=O)[C@H](C[C@H]1CCCO1)C(=O)[C@@]1(C)CO1. The number of ether oxygens (including phenoxy) is 3. The number of hydrogen-bond donors (Lipinski definition) is 3. The van der Waals surface area contributed by atoms with E-state index in [4.69, 9.17) is 19.9 Å². The van der Waals surface area contributed by atoms with E-state index in [0.29, 0.717) is 32.9 Å². The van der Waals surface area contributed by atoms with Gasteiger partial charge in [0.15, 0.2) is 5.78 Å². The molecule has 0 aromatic heterocycles. The van der Waals surface area contributed by atoms with Crippen molar-refractivity contribution in [2.45, 2.75) is 63.3 Å². The molecule has 1 unspecified atom stereocenters. The minimum Gasteiger partial charge on any atom is -0.379 e. The molecule has 3 fully saturated rings. The minimum absolute atomic E-state index is 0.143. The molecule has 33 heavy (non-hydrogen) atoms. The number of primary amides is 1. The van der Waals surface area contributed by atoms with Gasteiger partial charge in [-0.05, 0) is 40.0 Å². The van der Waals surface area contributed by atoms with Crippen molar-refractivity contribution in [1.29, 1.82) is 0 Å². The summed E-state index contributed by atoms with van der Waals surface area (Å²) < 4.78 is 16.3. The lowest BCUT2D eigenvalue weighted by molar-refractivity contribution is -0.142. The molecule has 186 valence electrons. The van der Waals surface area contributed by atoms with Gasteiger partial charge in [0, 0.05) is 19.7 Å². The minimum atomic E-state index is -1.67. The van der Waals surface area contributed by atoms with Gasteiger partial charge in [-0.3, -0.25) is 24.1 Å². The van der Waals surface area contributed by atoms with Gasteiger partial charge in [0.1, 0.15) is 17.2 Å². The monoisotopic (exact) mass is 468 g/mol. The fraction of sp³-hybridized carbons (Fsp3) is 0.818. The Balaban J connectivity index is 1.68. The number of carbonyl (C=O) groups is 4. The summed E-state index contributed by atoms with van der Waals surface area (Å²) in [6.45, 7) is 8.03. The second-order valence-corrected chi connectivity index (χ2v) is 9.54. The van der Waals surface area contributed by atoms with Crippen molar-refractivity contribution in [3.8, 4) is 0 Å². The number of epoxide rings is 1. The Labute approximate surface area is 194 Å². The molecular formula is C22H36N4O7. The highest BCUT2D eigenvalue weighted by molar-refractivity contribution is 6.01. The fourth-order valence-electron chi connectivity index (χ4n) is 4.32. The average molecular weight is 469 g/mol. The maximum atomic E-state index is 13.3. The number of nitrogens with zero attached hydrogens (tertiary/aromatic N) is 1. The maximum absolute atomic E-state index is 13.3. The molecule has 3 aliphatic heterocycles. The van der Waals surface area contributed by atoms with Gasteiger partial charge >= 0.3 is 0 Å². The predicted molar refractivity (Wildman–Crippen MR) is 117 cm³/mol. The summed E-state index contributed by atoms with van der Waals surface area (Å²) in [5, 5.41) is 5.32. The Morgan fingerprint density at radius 3 is 2.42 bits per heavy atom. The third-order valence-corrected chi connectivity index (χ3v) is 6.77. The molecule has 0 aromatic carbocycles. The van der Waals surface area contributed by atoms with Gasteiger partial charge in [0.2, 0.25) is 17.7 Å². The van der Waals surface area contributed by atoms with Gasteiger partial charge in [0.05, 0.1) is 38.4 Å². The van der Waals surface area contributed by atoms with E-state index < -0.39 is 34.9 Å². The molecule has 4 N–H and O–H groups in total. The number of hydrogen-bond acceptors (Lipinski definition) is 8. The van der Waals surface area contributed by atoms with Crippen LogP contribution in [-0.4, -0.2) is 97.8 Å². The van der Waals surface area contributed by atoms with Gasteiger partial charge in [-0.1, -0.05) is 0 Å². The lowest BCUT2D eigenvalue weighted by Crippen LogP contribution is -2.65. The molecule has 0 saturated carbocycles. The Hall–Kier alpha value is -2.08. The first-order chi connectivity index (χ1) is 15.5. The van der Waals surface area contributed by atoms with Crippen LogP contribution in [0.25, 0.3) is 0 Å². The average Bonchev–Trinajstić information content (AvgIpc) is 3.31. The number of rotatable bonds is 11. The highest BCUT2D eigenvalue weighted by Gasteiger charge is 2.56. The third-order valence-electron chi connectivity index (χ3n) is 6.77. The summed E-state index contributed by atoms with van der Waals surface area (Å²) in [6.07, 6.45) is 1.67. The standard InChI is InChI=1S/C22H36N4O7/c1-14(24-17(27)12-26-6-9-31-10-7-26)19(29)25-22(3,20(23)30)16(11-15-5-4-8-32-15)18(28)21(2)13-33-21/h14-16H,4-13H2,1-3H3,(H2,23,30)(H,24,27)(H,25,29)/t14-,15+,16+,21+,22?/m0/s1. The lowest BCUT2D eigenvalue weighted by Gasteiger charge is -2.37. The number of nitrogens with one attached hydrogen (secondary N) is 2. The maximum Gasteiger partial charge on any atom is 0.243 e. The molecule has 11 heteroatoms. The van der Waals surface area contributed by atoms with Crippen LogP contribution >= 0.6 is 0 Å². The van der Waals surface area contributed by atoms with Gasteiger partial charge in [0.25, 0.3) is 0 Å². The zero-order chi connectivity index (χ0) is 24.2. The van der Waals surface area contributed by atoms with Crippen molar-refractivity contribution in [3.63, 3.8) is 0 Å². The van der Waals surface area contributed by atoms with Crippen LogP contribution in [0, 0.1) is 5.92 Å². The Bertz CT molecular complexity index is 760. The topological polar surface area (TPSA) is 153 Å². The van der Waals surface area contributed by atoms with Crippen LogP contribution in [0.2, 0.25) is 0 Å². The van der Waals surface area contributed by atoms with Crippen LogP contribution in [0.4, 0.5) is 0 Å². The largest absolute Gasteiger partial charge is 0.379 e. The van der Waals surface area contributed by atoms with E-state index in [1.54, 1.807) is 6.92 Å². The summed E-state index contributed by atoms with van der Waals surface area (Å²) in [6, 6.07) is -0.927. The van der Waals surface area contributed by atoms with E-state index in [9.17, 15) is 19.2 Å². The Morgan fingerprint density at radius 1 is 1.21 bits per heavy atom. The summed E-state index contributed by atoms with van der Waals surface area (Å²) in [5.74, 6) is -2.96. The summed E-state index contributed by atoms with van der Waals surface area (Å²) in [4.78, 5) is 53.2. The Morgan fingerprint density at radius 2 is 1.88 bits per heavy atom. The normalized spacial score (nSPS) is 28.9. The van der Waals surface area contributed by atoms with Crippen LogP contribution < -0.4 is 16.4 Å². The van der Waals surface area contributed by atoms with Gasteiger partial charge in [-0.25, -0.2) is 0 Å². The molecule has 3 amide bonds. The first-order valence-corrected chi connectivity index (χ1v) is 11.6. The summed E-state index contributed by atoms with van der Waals surface area (Å²) >= 11 is 0. The number of amides is 3. The first-order valence-electron chi connectivity index (χ1n) is 11.6. The molecule has 0 radical (unpaired) electrons. The van der Waals surface area contributed by atoms with E-state index >= 15 is 0 Å². The Kier molecular flexibility index (Phi) is 8.09. The molecule has 0 bridgehead atoms. The fourth-order valence-corrected chi connectivity index (χ4v) is 4.32. The van der Waals surface area contributed by atoms with Crippen molar-refractivity contribution in [2.24, 2.45) is 11.7 Å². The van der Waals surface area contributed by atoms with Crippen LogP contribution in [0.5, 0.6) is 0 Å². The van der Waals surface area contributed by atoms with Crippen molar-refractivity contribution >= 4 is 23.5 Å². The molecule has 3 heterocycles. The smallest absolute Gasteiger partial charge is 0.243 e. The molecule has 3 aliphatic rings. The molecule has 5 atom stereocenters. The van der Waals surface area contributed by atoms with Crippen molar-refractivity contribution in [3.05, 3.63) is 0 Å². The van der Waals surface area contributed by atoms with Crippen LogP contribution in [-0.2, 0) is 33.4 Å². The molecule has 0 aromatic rings. The molecule has 11 nitrogen and oxygen atoms in total. The summed E-state index contributed by atoms with van der Waals surface area (Å²) in [5.41, 5.74) is 3.06. The second-order valence-electron chi connectivity index (χ2n) is 9.54. The number of nitrogens with two attached hydrogens (primary N) is 1. The van der Waals surface area contributed by atoms with Crippen molar-refractivity contribution in [2.75, 3.05) is 46.1 Å². The number of morpholine rings is 1. The lowest BCUT2D eigenvalue weighted by atomic mass is 9.74. The van der Waals surface area contributed by atoms with E-state index in [1.165, 1.54) is 13.8 Å². The summed E-state index contributed by atoms with van der Waals surface area (Å²) in [7, 11) is 0. The second kappa shape index (κ2) is 10.5. The third kappa shape index (κ3) is 6.28. The van der Waals surface area contributed by atoms with Gasteiger partial charge in [-0.2, -0.15) is 0 Å². The molecule has 3 saturated heterocycles. The van der Waals surface area contributed by atoms with Crippen LogP contribution in [0.3, 0.4) is 0 Å². The molecule has 0 aliphatic carbocycles. The van der Waals surface area contributed by atoms with Crippen LogP contribution in [0.1, 0.15) is 40.0 Å². The number of ketones is 1. The highest BCUT2D eigenvalue weighted by Crippen LogP contribution is 2.37. The zero-order valence-electron chi connectivity index (χ0n) is 19.7. The van der Waals surface area contributed by atoms with Crippen LogP contribution in [0.15, 0.2) is 0 Å². The van der Waals surface area contributed by atoms with Gasteiger partial charge in [-0.15, -0.1) is 0 Å².